The maximum atomic E-state index is 13.9. The molecule has 2 nitrogen and oxygen atoms in total. The average molecular weight is 320 g/mol. The van der Waals surface area contributed by atoms with Gasteiger partial charge < -0.3 is 4.74 Å². The molecule has 3 unspecified atom stereocenters. The Balaban J connectivity index is 3.39. The molecule has 11 heteroatoms. The first-order valence-corrected chi connectivity index (χ1v) is 5.02. The highest BCUT2D eigenvalue weighted by molar-refractivity contribution is 5.07. The van der Waals surface area contributed by atoms with Crippen molar-refractivity contribution in [3.8, 4) is 0 Å². The van der Waals surface area contributed by atoms with Gasteiger partial charge >= 0.3 is 23.9 Å². The summed E-state index contributed by atoms with van der Waals surface area (Å²) in [5.74, 6) is -25.0. The van der Waals surface area contributed by atoms with Gasteiger partial charge in [0.1, 0.15) is 0 Å². The Morgan fingerprint density at radius 3 is 1.45 bits per heavy atom. The molecule has 0 aromatic carbocycles. The molecular formula is C9H9F9O2. The normalized spacial score (nSPS) is 40.2. The van der Waals surface area contributed by atoms with E-state index in [4.69, 9.17) is 0 Å². The SMILES string of the molecule is CC(F)(F)C(F)(F)C1(F)OC(C)(C(F)(F)F)OC1(C)F. The molecule has 0 radical (unpaired) electrons. The van der Waals surface area contributed by atoms with Gasteiger partial charge in [-0.15, -0.1) is 0 Å². The zero-order valence-electron chi connectivity index (χ0n) is 10.2. The minimum absolute atomic E-state index is 0.101. The van der Waals surface area contributed by atoms with Crippen molar-refractivity contribution in [3.63, 3.8) is 0 Å². The summed E-state index contributed by atoms with van der Waals surface area (Å²) in [5.41, 5.74) is 0. The number of ether oxygens (including phenoxy) is 2. The van der Waals surface area contributed by atoms with Crippen LogP contribution in [0.4, 0.5) is 39.5 Å². The molecule has 1 rings (SSSR count). The smallest absolute Gasteiger partial charge is 0.300 e. The summed E-state index contributed by atoms with van der Waals surface area (Å²) in [4.78, 5) is 0. The van der Waals surface area contributed by atoms with Crippen molar-refractivity contribution in [3.05, 3.63) is 0 Å². The van der Waals surface area contributed by atoms with Crippen LogP contribution < -0.4 is 0 Å². The van der Waals surface area contributed by atoms with Gasteiger partial charge in [-0.25, -0.2) is 4.39 Å². The molecule has 1 heterocycles. The van der Waals surface area contributed by atoms with E-state index in [9.17, 15) is 39.5 Å². The van der Waals surface area contributed by atoms with Crippen LogP contribution in [-0.4, -0.2) is 35.5 Å². The summed E-state index contributed by atoms with van der Waals surface area (Å²) in [7, 11) is 0. The van der Waals surface area contributed by atoms with Gasteiger partial charge in [-0.1, -0.05) is 0 Å². The number of rotatable bonds is 2. The summed E-state index contributed by atoms with van der Waals surface area (Å²) in [6.07, 6.45) is -5.63. The summed E-state index contributed by atoms with van der Waals surface area (Å²) >= 11 is 0. The van der Waals surface area contributed by atoms with E-state index in [1.54, 1.807) is 0 Å². The molecule has 1 aliphatic rings. The van der Waals surface area contributed by atoms with Crippen molar-refractivity contribution in [1.29, 1.82) is 0 Å². The Labute approximate surface area is 106 Å². The van der Waals surface area contributed by atoms with E-state index in [0.29, 0.717) is 0 Å². The second-order valence-corrected chi connectivity index (χ2v) is 4.62. The maximum absolute atomic E-state index is 13.9. The van der Waals surface area contributed by atoms with Gasteiger partial charge in [-0.2, -0.15) is 35.1 Å². The maximum Gasteiger partial charge on any atom is 0.443 e. The average Bonchev–Trinajstić information content (AvgIpc) is 2.31. The van der Waals surface area contributed by atoms with Crippen LogP contribution in [0.2, 0.25) is 0 Å². The molecule has 1 fully saturated rings. The van der Waals surface area contributed by atoms with E-state index in [-0.39, 0.29) is 13.8 Å². The molecule has 20 heavy (non-hydrogen) atoms. The summed E-state index contributed by atoms with van der Waals surface area (Å²) in [5, 5.41) is 0. The minimum atomic E-state index is -5.91. The largest absolute Gasteiger partial charge is 0.443 e. The molecule has 0 saturated carbocycles. The van der Waals surface area contributed by atoms with E-state index < -0.39 is 42.4 Å². The van der Waals surface area contributed by atoms with Crippen molar-refractivity contribution in [1.82, 2.24) is 0 Å². The van der Waals surface area contributed by atoms with E-state index >= 15 is 0 Å². The number of alkyl halides is 9. The third-order valence-corrected chi connectivity index (χ3v) is 2.77. The first-order chi connectivity index (χ1) is 8.41. The molecule has 0 amide bonds. The fourth-order valence-corrected chi connectivity index (χ4v) is 1.55. The molecule has 0 bridgehead atoms. The van der Waals surface area contributed by atoms with Gasteiger partial charge in [0.05, 0.1) is 0 Å². The topological polar surface area (TPSA) is 18.5 Å². The number of halogens is 9. The van der Waals surface area contributed by atoms with Gasteiger partial charge in [0, 0.05) is 13.8 Å². The van der Waals surface area contributed by atoms with Crippen molar-refractivity contribution >= 4 is 0 Å². The molecule has 120 valence electrons. The third-order valence-electron chi connectivity index (χ3n) is 2.77. The fourth-order valence-electron chi connectivity index (χ4n) is 1.55. The van der Waals surface area contributed by atoms with Crippen LogP contribution in [0, 0.1) is 0 Å². The standard InChI is InChI=1S/C9H9F9O2/c1-4(10,11)7(13,14)8(15)5(2,12)19-6(3,20-8)9(16,17)18/h1-3H3. The first kappa shape index (κ1) is 17.3. The molecule has 0 aromatic rings. The fraction of sp³-hybridized carbons (Fsp3) is 1.00. The van der Waals surface area contributed by atoms with Crippen LogP contribution in [0.3, 0.4) is 0 Å². The van der Waals surface area contributed by atoms with Crippen LogP contribution in [0.5, 0.6) is 0 Å². The predicted octanol–water partition coefficient (Wildman–Crippen LogP) is 3.95. The van der Waals surface area contributed by atoms with Crippen LogP contribution >= 0.6 is 0 Å². The van der Waals surface area contributed by atoms with Crippen molar-refractivity contribution in [2.24, 2.45) is 0 Å². The highest BCUT2D eigenvalue weighted by Crippen LogP contribution is 2.60. The van der Waals surface area contributed by atoms with Crippen molar-refractivity contribution < 1.29 is 49.0 Å². The van der Waals surface area contributed by atoms with E-state index in [1.165, 1.54) is 0 Å². The zero-order chi connectivity index (χ0) is 16.4. The molecule has 0 aromatic heterocycles. The predicted molar refractivity (Wildman–Crippen MR) is 45.6 cm³/mol. The van der Waals surface area contributed by atoms with Gasteiger partial charge in [-0.3, -0.25) is 4.74 Å². The molecule has 0 aliphatic carbocycles. The Morgan fingerprint density at radius 2 is 1.20 bits per heavy atom. The highest BCUT2D eigenvalue weighted by atomic mass is 19.4. The van der Waals surface area contributed by atoms with Gasteiger partial charge in [0.15, 0.2) is 0 Å². The Morgan fingerprint density at radius 1 is 0.800 bits per heavy atom. The van der Waals surface area contributed by atoms with Gasteiger partial charge in [-0.05, 0) is 6.92 Å². The van der Waals surface area contributed by atoms with Gasteiger partial charge in [0.2, 0.25) is 0 Å². The quantitative estimate of drug-likeness (QED) is 0.717. The number of hydrogen-bond donors (Lipinski definition) is 0. The number of hydrogen-bond acceptors (Lipinski definition) is 2. The van der Waals surface area contributed by atoms with Crippen LogP contribution in [0.15, 0.2) is 0 Å². The molecule has 1 aliphatic heterocycles. The van der Waals surface area contributed by atoms with Crippen molar-refractivity contribution in [2.75, 3.05) is 0 Å². The van der Waals surface area contributed by atoms with Gasteiger partial charge in [0.25, 0.3) is 11.6 Å². The van der Waals surface area contributed by atoms with E-state index in [1.807, 2.05) is 0 Å². The summed E-state index contributed by atoms with van der Waals surface area (Å²) in [6.45, 7) is -0.781. The third kappa shape index (κ3) is 2.05. The Kier molecular flexibility index (Phi) is 3.41. The molecule has 0 N–H and O–H groups in total. The summed E-state index contributed by atoms with van der Waals surface area (Å²) in [6, 6.07) is 0. The van der Waals surface area contributed by atoms with E-state index in [0.717, 1.165) is 0 Å². The zero-order valence-corrected chi connectivity index (χ0v) is 10.2. The minimum Gasteiger partial charge on any atom is -0.300 e. The second kappa shape index (κ2) is 3.93. The monoisotopic (exact) mass is 320 g/mol. The second-order valence-electron chi connectivity index (χ2n) is 4.62. The van der Waals surface area contributed by atoms with Crippen LogP contribution in [-0.2, 0) is 9.47 Å². The van der Waals surface area contributed by atoms with Crippen molar-refractivity contribution in [2.45, 2.75) is 56.3 Å². The Bertz CT molecular complexity index is 399. The van der Waals surface area contributed by atoms with E-state index in [2.05, 4.69) is 9.47 Å². The van der Waals surface area contributed by atoms with Crippen LogP contribution in [0.25, 0.3) is 0 Å². The lowest BCUT2D eigenvalue weighted by Gasteiger charge is -2.36. The molecule has 1 saturated heterocycles. The van der Waals surface area contributed by atoms with Crippen LogP contribution in [0.1, 0.15) is 20.8 Å². The lowest BCUT2D eigenvalue weighted by atomic mass is 9.98. The highest BCUT2D eigenvalue weighted by Gasteiger charge is 2.85. The molecule has 0 spiro atoms. The lowest BCUT2D eigenvalue weighted by Crippen LogP contribution is -2.63. The first-order valence-electron chi connectivity index (χ1n) is 5.02. The summed E-state index contributed by atoms with van der Waals surface area (Å²) < 4.78 is 124. The lowest BCUT2D eigenvalue weighted by molar-refractivity contribution is -0.394. The molecule has 3 atom stereocenters. The Hall–Kier alpha value is -0.710. The molecular weight excluding hydrogens is 311 g/mol.